The minimum Gasteiger partial charge on any atom is -0.493 e. The van der Waals surface area contributed by atoms with Crippen molar-refractivity contribution >= 4 is 29.1 Å². The number of rotatable bonds is 5. The van der Waals surface area contributed by atoms with Crippen molar-refractivity contribution in [1.82, 2.24) is 5.32 Å². The Labute approximate surface area is 128 Å². The van der Waals surface area contributed by atoms with Gasteiger partial charge in [-0.25, -0.2) is 0 Å². The molecular formula is C14H17Cl2NO3. The first-order valence-corrected chi connectivity index (χ1v) is 6.97. The molecule has 20 heavy (non-hydrogen) atoms. The molecule has 1 aromatic carbocycles. The third-order valence-electron chi connectivity index (χ3n) is 3.66. The lowest BCUT2D eigenvalue weighted by Crippen LogP contribution is -2.32. The van der Waals surface area contributed by atoms with Crippen molar-refractivity contribution < 1.29 is 14.3 Å². The van der Waals surface area contributed by atoms with Gasteiger partial charge in [0.2, 0.25) is 5.91 Å². The average molecular weight is 318 g/mol. The Kier molecular flexibility index (Phi) is 4.07. The molecule has 0 bridgehead atoms. The third kappa shape index (κ3) is 2.67. The monoisotopic (exact) mass is 317 g/mol. The number of alkyl halides is 2. The lowest BCUT2D eigenvalue weighted by atomic mass is 10.1. The Morgan fingerprint density at radius 3 is 2.40 bits per heavy atom. The maximum atomic E-state index is 12.1. The molecule has 1 aromatic rings. The first-order valence-electron chi connectivity index (χ1n) is 6.21. The largest absolute Gasteiger partial charge is 0.493 e. The fraction of sp³-hybridized carbons (Fsp3) is 0.500. The fourth-order valence-corrected chi connectivity index (χ4v) is 2.72. The summed E-state index contributed by atoms with van der Waals surface area (Å²) in [6, 6.07) is 5.49. The van der Waals surface area contributed by atoms with E-state index in [0.717, 1.165) is 5.56 Å². The molecule has 1 aliphatic rings. The van der Waals surface area contributed by atoms with Gasteiger partial charge < -0.3 is 14.8 Å². The lowest BCUT2D eigenvalue weighted by molar-refractivity contribution is -0.125. The summed E-state index contributed by atoms with van der Waals surface area (Å²) >= 11 is 12.0. The first kappa shape index (κ1) is 15.3. The van der Waals surface area contributed by atoms with Gasteiger partial charge in [-0.1, -0.05) is 6.07 Å². The van der Waals surface area contributed by atoms with Gasteiger partial charge in [0.05, 0.1) is 19.6 Å². The Morgan fingerprint density at radius 2 is 1.90 bits per heavy atom. The summed E-state index contributed by atoms with van der Waals surface area (Å²) in [4.78, 5) is 12.1. The zero-order valence-corrected chi connectivity index (χ0v) is 13.1. The van der Waals surface area contributed by atoms with Gasteiger partial charge >= 0.3 is 0 Å². The van der Waals surface area contributed by atoms with Crippen LogP contribution < -0.4 is 14.8 Å². The van der Waals surface area contributed by atoms with E-state index in [0.29, 0.717) is 24.5 Å². The van der Waals surface area contributed by atoms with Gasteiger partial charge in [-0.2, -0.15) is 0 Å². The maximum Gasteiger partial charge on any atom is 0.229 e. The van der Waals surface area contributed by atoms with E-state index in [4.69, 9.17) is 32.7 Å². The molecule has 0 saturated heterocycles. The van der Waals surface area contributed by atoms with Gasteiger partial charge in [0.15, 0.2) is 11.5 Å². The Hall–Kier alpha value is -1.13. The number of hydrogen-bond donors (Lipinski definition) is 1. The second kappa shape index (κ2) is 5.34. The minimum absolute atomic E-state index is 0.141. The van der Waals surface area contributed by atoms with E-state index in [-0.39, 0.29) is 5.91 Å². The predicted molar refractivity (Wildman–Crippen MR) is 78.6 cm³/mol. The maximum absolute atomic E-state index is 12.1. The molecule has 1 N–H and O–H groups in total. The quantitative estimate of drug-likeness (QED) is 0.849. The molecule has 1 saturated carbocycles. The van der Waals surface area contributed by atoms with Crippen LogP contribution in [0.5, 0.6) is 11.5 Å². The highest BCUT2D eigenvalue weighted by molar-refractivity contribution is 6.53. The van der Waals surface area contributed by atoms with Crippen LogP contribution in [0.15, 0.2) is 18.2 Å². The van der Waals surface area contributed by atoms with Gasteiger partial charge in [0.25, 0.3) is 0 Å². The van der Waals surface area contributed by atoms with Crippen LogP contribution in [0.3, 0.4) is 0 Å². The highest BCUT2D eigenvalue weighted by Crippen LogP contribution is 2.63. The van der Waals surface area contributed by atoms with Crippen LogP contribution in [0.4, 0.5) is 0 Å². The van der Waals surface area contributed by atoms with Crippen molar-refractivity contribution in [2.75, 3.05) is 14.2 Å². The molecule has 0 aromatic heterocycles. The zero-order valence-electron chi connectivity index (χ0n) is 11.6. The summed E-state index contributed by atoms with van der Waals surface area (Å²) in [5.74, 6) is 1.13. The Bertz CT molecular complexity index is 533. The highest BCUT2D eigenvalue weighted by atomic mass is 35.5. The number of hydrogen-bond acceptors (Lipinski definition) is 3. The molecule has 1 unspecified atom stereocenters. The summed E-state index contributed by atoms with van der Waals surface area (Å²) in [6.45, 7) is 2.15. The summed E-state index contributed by atoms with van der Waals surface area (Å²) < 4.78 is 9.43. The normalized spacial score (nSPS) is 23.1. The summed E-state index contributed by atoms with van der Waals surface area (Å²) in [6.07, 6.45) is 0.473. The molecule has 6 heteroatoms. The number of amides is 1. The molecule has 1 amide bonds. The predicted octanol–water partition coefficient (Wildman–Crippen LogP) is 2.90. The molecule has 1 aliphatic carbocycles. The first-order chi connectivity index (χ1) is 9.34. The summed E-state index contributed by atoms with van der Waals surface area (Å²) in [5, 5.41) is 2.84. The van der Waals surface area contributed by atoms with Crippen LogP contribution in [-0.4, -0.2) is 24.5 Å². The van der Waals surface area contributed by atoms with Crippen LogP contribution in [0.1, 0.15) is 18.9 Å². The second-order valence-corrected chi connectivity index (χ2v) is 6.57. The Balaban J connectivity index is 2.00. The molecule has 1 atom stereocenters. The van der Waals surface area contributed by atoms with Crippen molar-refractivity contribution in [3.63, 3.8) is 0 Å². The minimum atomic E-state index is -0.950. The number of carbonyl (C=O) groups excluding carboxylic acids is 1. The fourth-order valence-electron chi connectivity index (χ4n) is 2.01. The van der Waals surface area contributed by atoms with E-state index in [1.165, 1.54) is 0 Å². The molecule has 0 aliphatic heterocycles. The lowest BCUT2D eigenvalue weighted by Gasteiger charge is -2.14. The van der Waals surface area contributed by atoms with Gasteiger partial charge in [0.1, 0.15) is 4.33 Å². The number of nitrogens with one attached hydrogen (secondary N) is 1. The van der Waals surface area contributed by atoms with E-state index in [1.54, 1.807) is 27.2 Å². The van der Waals surface area contributed by atoms with Crippen molar-refractivity contribution in [1.29, 1.82) is 0 Å². The van der Waals surface area contributed by atoms with E-state index < -0.39 is 9.75 Å². The van der Waals surface area contributed by atoms with Gasteiger partial charge in [-0.05, 0) is 31.0 Å². The van der Waals surface area contributed by atoms with Gasteiger partial charge in [0, 0.05) is 6.54 Å². The number of halogens is 2. The summed E-state index contributed by atoms with van der Waals surface area (Å²) in [5.41, 5.74) is 0.210. The molecule has 0 radical (unpaired) electrons. The topological polar surface area (TPSA) is 47.6 Å². The standard InChI is InChI=1S/C14H17Cl2NO3/c1-13(8-14(13,15)16)12(18)17-7-9-4-5-10(19-2)11(6-9)20-3/h4-6H,7-8H2,1-3H3,(H,17,18). The molecule has 1 fully saturated rings. The van der Waals surface area contributed by atoms with E-state index >= 15 is 0 Å². The van der Waals surface area contributed by atoms with Crippen molar-refractivity contribution in [2.24, 2.45) is 5.41 Å². The highest BCUT2D eigenvalue weighted by Gasteiger charge is 2.67. The smallest absolute Gasteiger partial charge is 0.229 e. The van der Waals surface area contributed by atoms with Crippen LogP contribution in [0.25, 0.3) is 0 Å². The van der Waals surface area contributed by atoms with Crippen molar-refractivity contribution in [3.05, 3.63) is 23.8 Å². The molecular weight excluding hydrogens is 301 g/mol. The average Bonchev–Trinajstić information content (AvgIpc) is 2.95. The number of carbonyl (C=O) groups is 1. The summed E-state index contributed by atoms with van der Waals surface area (Å²) in [7, 11) is 3.15. The third-order valence-corrected chi connectivity index (χ3v) is 4.76. The van der Waals surface area contributed by atoms with Gasteiger partial charge in [-0.15, -0.1) is 23.2 Å². The molecule has 0 spiro atoms. The van der Waals surface area contributed by atoms with Crippen LogP contribution in [0.2, 0.25) is 0 Å². The number of ether oxygens (including phenoxy) is 2. The van der Waals surface area contributed by atoms with Crippen molar-refractivity contribution in [3.8, 4) is 11.5 Å². The molecule has 0 heterocycles. The number of methoxy groups -OCH3 is 2. The molecule has 4 nitrogen and oxygen atoms in total. The van der Waals surface area contributed by atoms with Crippen molar-refractivity contribution in [2.45, 2.75) is 24.2 Å². The van der Waals surface area contributed by atoms with Crippen LogP contribution in [-0.2, 0) is 11.3 Å². The van der Waals surface area contributed by atoms with Crippen LogP contribution >= 0.6 is 23.2 Å². The van der Waals surface area contributed by atoms with E-state index in [9.17, 15) is 4.79 Å². The van der Waals surface area contributed by atoms with Gasteiger partial charge in [-0.3, -0.25) is 4.79 Å². The SMILES string of the molecule is COc1ccc(CNC(=O)C2(C)CC2(Cl)Cl)cc1OC. The molecule has 110 valence electrons. The van der Waals surface area contributed by atoms with Crippen LogP contribution in [0, 0.1) is 5.41 Å². The van der Waals surface area contributed by atoms with E-state index in [1.807, 2.05) is 12.1 Å². The zero-order chi connectivity index (χ0) is 15.0. The number of benzene rings is 1. The second-order valence-electron chi connectivity index (χ2n) is 5.09. The molecule has 2 rings (SSSR count). The Morgan fingerprint density at radius 1 is 1.30 bits per heavy atom. The van der Waals surface area contributed by atoms with E-state index in [2.05, 4.69) is 5.32 Å².